The summed E-state index contributed by atoms with van der Waals surface area (Å²) in [6.45, 7) is 1.08. The fraction of sp³-hybridized carbons (Fsp3) is 0.533. The number of hydrogen-bond acceptors (Lipinski definition) is 2. The summed E-state index contributed by atoms with van der Waals surface area (Å²) in [6, 6.07) is 5.61. The number of piperidine rings is 1. The normalized spacial score (nSPS) is 17.0. The number of para-hydroxylation sites is 1. The van der Waals surface area contributed by atoms with Gasteiger partial charge in [-0.1, -0.05) is 12.1 Å². The summed E-state index contributed by atoms with van der Waals surface area (Å²) >= 11 is 0. The van der Waals surface area contributed by atoms with Crippen LogP contribution < -0.4 is 4.90 Å². The second kappa shape index (κ2) is 6.37. The van der Waals surface area contributed by atoms with E-state index >= 15 is 0 Å². The highest BCUT2D eigenvalue weighted by Gasteiger charge is 2.35. The van der Waals surface area contributed by atoms with Crippen molar-refractivity contribution in [3.63, 3.8) is 0 Å². The third kappa shape index (κ3) is 4.12. The van der Waals surface area contributed by atoms with Gasteiger partial charge in [0.2, 0.25) is 0 Å². The molecule has 1 fully saturated rings. The van der Waals surface area contributed by atoms with Crippen LogP contribution in [0.25, 0.3) is 0 Å². The number of alkyl halides is 3. The van der Waals surface area contributed by atoms with Crippen LogP contribution in [0.4, 0.5) is 18.9 Å². The topological polar surface area (TPSA) is 40.5 Å². The van der Waals surface area contributed by atoms with E-state index in [1.54, 1.807) is 11.0 Å². The molecule has 0 atom stereocenters. The van der Waals surface area contributed by atoms with E-state index in [9.17, 15) is 18.0 Å². The predicted octanol–water partition coefficient (Wildman–Crippen LogP) is 3.79. The van der Waals surface area contributed by atoms with Crippen LogP contribution in [0.3, 0.4) is 0 Å². The number of carboxylic acid groups (broad SMARTS) is 1. The molecule has 0 spiro atoms. The first-order valence-electron chi connectivity index (χ1n) is 7.01. The average molecular weight is 301 g/mol. The van der Waals surface area contributed by atoms with Crippen molar-refractivity contribution in [2.75, 3.05) is 18.0 Å². The summed E-state index contributed by atoms with van der Waals surface area (Å²) in [5.41, 5.74) is -0.379. The molecule has 1 aromatic carbocycles. The number of nitrogens with zero attached hydrogens (tertiary/aromatic N) is 1. The van der Waals surface area contributed by atoms with E-state index in [1.807, 2.05) is 0 Å². The van der Waals surface area contributed by atoms with E-state index in [1.165, 1.54) is 12.1 Å². The Hall–Kier alpha value is -1.72. The first kappa shape index (κ1) is 15.7. The minimum atomic E-state index is -4.35. The van der Waals surface area contributed by atoms with Crippen LogP contribution in [-0.4, -0.2) is 24.2 Å². The molecule has 1 aromatic rings. The van der Waals surface area contributed by atoms with Crippen LogP contribution in [-0.2, 0) is 11.0 Å². The molecule has 116 valence electrons. The number of carbonyl (C=O) groups is 1. The average Bonchev–Trinajstić information content (AvgIpc) is 2.45. The van der Waals surface area contributed by atoms with Gasteiger partial charge in [-0.15, -0.1) is 0 Å². The van der Waals surface area contributed by atoms with Gasteiger partial charge in [-0.05, 0) is 37.3 Å². The zero-order valence-corrected chi connectivity index (χ0v) is 11.6. The molecule has 0 saturated carbocycles. The second-order valence-electron chi connectivity index (χ2n) is 5.38. The van der Waals surface area contributed by atoms with Gasteiger partial charge in [-0.3, -0.25) is 4.79 Å². The van der Waals surface area contributed by atoms with E-state index in [-0.39, 0.29) is 18.0 Å². The lowest BCUT2D eigenvalue weighted by atomic mass is 9.91. The summed E-state index contributed by atoms with van der Waals surface area (Å²) in [4.78, 5) is 12.3. The molecule has 0 radical (unpaired) electrons. The predicted molar refractivity (Wildman–Crippen MR) is 73.3 cm³/mol. The van der Waals surface area contributed by atoms with Gasteiger partial charge < -0.3 is 10.0 Å². The van der Waals surface area contributed by atoms with Crippen molar-refractivity contribution in [2.45, 2.75) is 31.9 Å². The molecule has 0 aliphatic carbocycles. The molecule has 6 heteroatoms. The number of halogens is 3. The van der Waals surface area contributed by atoms with E-state index in [0.717, 1.165) is 18.9 Å². The standard InChI is InChI=1S/C15H18F3NO2/c16-15(17,18)12-3-1-2-4-13(12)19-9-7-11(8-10-19)5-6-14(20)21/h1-4,11H,5-10H2,(H,20,21). The third-order valence-electron chi connectivity index (χ3n) is 3.93. The quantitative estimate of drug-likeness (QED) is 0.920. The number of benzene rings is 1. The smallest absolute Gasteiger partial charge is 0.418 e. The molecule has 21 heavy (non-hydrogen) atoms. The van der Waals surface area contributed by atoms with Crippen molar-refractivity contribution in [2.24, 2.45) is 5.92 Å². The van der Waals surface area contributed by atoms with Crippen molar-refractivity contribution < 1.29 is 23.1 Å². The van der Waals surface area contributed by atoms with Crippen LogP contribution in [0, 0.1) is 5.92 Å². The lowest BCUT2D eigenvalue weighted by Crippen LogP contribution is -2.35. The molecule has 1 N–H and O–H groups in total. The first-order chi connectivity index (χ1) is 9.88. The fourth-order valence-electron chi connectivity index (χ4n) is 2.78. The fourth-order valence-corrected chi connectivity index (χ4v) is 2.78. The number of hydrogen-bond donors (Lipinski definition) is 1. The number of carboxylic acids is 1. The minimum Gasteiger partial charge on any atom is -0.481 e. The molecule has 1 aliphatic heterocycles. The van der Waals surface area contributed by atoms with Gasteiger partial charge in [-0.25, -0.2) is 0 Å². The van der Waals surface area contributed by atoms with Crippen molar-refractivity contribution in [3.8, 4) is 0 Å². The van der Waals surface area contributed by atoms with Gasteiger partial charge in [0.25, 0.3) is 0 Å². The Bertz CT molecular complexity index is 494. The molecule has 0 bridgehead atoms. The highest BCUT2D eigenvalue weighted by atomic mass is 19.4. The minimum absolute atomic E-state index is 0.129. The number of anilines is 1. The SMILES string of the molecule is O=C(O)CCC1CCN(c2ccccc2C(F)(F)F)CC1. The van der Waals surface area contributed by atoms with Gasteiger partial charge in [-0.2, -0.15) is 13.2 Å². The third-order valence-corrected chi connectivity index (χ3v) is 3.93. The first-order valence-corrected chi connectivity index (χ1v) is 7.01. The Balaban J connectivity index is 2.01. The van der Waals surface area contributed by atoms with Crippen LogP contribution in [0.1, 0.15) is 31.2 Å². The zero-order valence-electron chi connectivity index (χ0n) is 11.6. The van der Waals surface area contributed by atoms with E-state index in [4.69, 9.17) is 5.11 Å². The molecule has 0 unspecified atom stereocenters. The van der Waals surface area contributed by atoms with Crippen LogP contribution >= 0.6 is 0 Å². The Labute approximate surface area is 121 Å². The van der Waals surface area contributed by atoms with Crippen molar-refractivity contribution in [1.29, 1.82) is 0 Å². The molecule has 0 amide bonds. The summed E-state index contributed by atoms with van der Waals surface area (Å²) < 4.78 is 39.0. The van der Waals surface area contributed by atoms with Gasteiger partial charge in [0, 0.05) is 25.2 Å². The van der Waals surface area contributed by atoms with E-state index in [2.05, 4.69) is 0 Å². The molecular weight excluding hydrogens is 283 g/mol. The maximum Gasteiger partial charge on any atom is 0.418 e. The highest BCUT2D eigenvalue weighted by molar-refractivity contribution is 5.66. The Kier molecular flexibility index (Phi) is 4.75. The van der Waals surface area contributed by atoms with Crippen molar-refractivity contribution in [3.05, 3.63) is 29.8 Å². The van der Waals surface area contributed by atoms with Crippen LogP contribution in [0.5, 0.6) is 0 Å². The Morgan fingerprint density at radius 2 is 1.86 bits per heavy atom. The van der Waals surface area contributed by atoms with Gasteiger partial charge in [0.15, 0.2) is 0 Å². The number of aliphatic carboxylic acids is 1. The molecule has 3 nitrogen and oxygen atoms in total. The van der Waals surface area contributed by atoms with Gasteiger partial charge in [0.05, 0.1) is 5.56 Å². The van der Waals surface area contributed by atoms with E-state index < -0.39 is 17.7 Å². The molecule has 2 rings (SSSR count). The second-order valence-corrected chi connectivity index (χ2v) is 5.38. The molecule has 1 heterocycles. The Morgan fingerprint density at radius 3 is 2.43 bits per heavy atom. The lowest BCUT2D eigenvalue weighted by molar-refractivity contribution is -0.138. The summed E-state index contributed by atoms with van der Waals surface area (Å²) in [7, 11) is 0. The summed E-state index contributed by atoms with van der Waals surface area (Å²) in [6.07, 6.45) is -2.15. The Morgan fingerprint density at radius 1 is 1.24 bits per heavy atom. The largest absolute Gasteiger partial charge is 0.481 e. The zero-order chi connectivity index (χ0) is 15.5. The molecule has 1 aliphatic rings. The highest BCUT2D eigenvalue weighted by Crippen LogP contribution is 2.38. The van der Waals surface area contributed by atoms with Crippen LogP contribution in [0.15, 0.2) is 24.3 Å². The van der Waals surface area contributed by atoms with Crippen molar-refractivity contribution >= 4 is 11.7 Å². The van der Waals surface area contributed by atoms with Crippen LogP contribution in [0.2, 0.25) is 0 Å². The summed E-state index contributed by atoms with van der Waals surface area (Å²) in [5.74, 6) is -0.532. The maximum absolute atomic E-state index is 13.0. The van der Waals surface area contributed by atoms with Crippen molar-refractivity contribution in [1.82, 2.24) is 0 Å². The summed E-state index contributed by atoms with van der Waals surface area (Å²) in [5, 5.41) is 8.66. The molecular formula is C15H18F3NO2. The monoisotopic (exact) mass is 301 g/mol. The maximum atomic E-state index is 13.0. The molecule has 1 saturated heterocycles. The lowest BCUT2D eigenvalue weighted by Gasteiger charge is -2.35. The van der Waals surface area contributed by atoms with Gasteiger partial charge >= 0.3 is 12.1 Å². The van der Waals surface area contributed by atoms with Gasteiger partial charge in [0.1, 0.15) is 0 Å². The molecule has 0 aromatic heterocycles. The van der Waals surface area contributed by atoms with E-state index in [0.29, 0.717) is 19.5 Å². The number of rotatable bonds is 4.